The van der Waals surface area contributed by atoms with Crippen LogP contribution >= 0.6 is 0 Å². The minimum absolute atomic E-state index is 0.514. The number of anilines is 1. The van der Waals surface area contributed by atoms with Gasteiger partial charge in [-0.3, -0.25) is 0 Å². The topological polar surface area (TPSA) is 48.3 Å². The van der Waals surface area contributed by atoms with Gasteiger partial charge < -0.3 is 19.4 Å². The second kappa shape index (κ2) is 6.80. The SMILES string of the molecule is COCCOc1ccc(NCc2ccn(C)c2)cn1. The van der Waals surface area contributed by atoms with Gasteiger partial charge in [0, 0.05) is 39.2 Å². The zero-order valence-electron chi connectivity index (χ0n) is 11.3. The van der Waals surface area contributed by atoms with Crippen LogP contribution in [0.5, 0.6) is 5.88 Å². The van der Waals surface area contributed by atoms with Crippen LogP contribution in [0.4, 0.5) is 5.69 Å². The van der Waals surface area contributed by atoms with E-state index in [1.807, 2.05) is 29.9 Å². The fourth-order valence-corrected chi connectivity index (χ4v) is 1.67. The van der Waals surface area contributed by atoms with E-state index in [4.69, 9.17) is 9.47 Å². The van der Waals surface area contributed by atoms with Gasteiger partial charge in [-0.25, -0.2) is 4.98 Å². The Bertz CT molecular complexity index is 494. The number of hydrogen-bond donors (Lipinski definition) is 1. The Kier molecular flexibility index (Phi) is 4.80. The molecule has 0 unspecified atom stereocenters. The third-order valence-corrected chi connectivity index (χ3v) is 2.66. The number of nitrogens with zero attached hydrogens (tertiary/aromatic N) is 2. The normalized spacial score (nSPS) is 10.4. The first-order valence-corrected chi connectivity index (χ1v) is 6.20. The van der Waals surface area contributed by atoms with Crippen LogP contribution in [0.2, 0.25) is 0 Å². The van der Waals surface area contributed by atoms with Gasteiger partial charge in [0.1, 0.15) is 6.61 Å². The Hall–Kier alpha value is -2.01. The van der Waals surface area contributed by atoms with Crippen molar-refractivity contribution in [2.75, 3.05) is 25.6 Å². The minimum atomic E-state index is 0.514. The molecule has 5 heteroatoms. The van der Waals surface area contributed by atoms with Crippen LogP contribution in [0.3, 0.4) is 0 Å². The molecule has 2 rings (SSSR count). The number of rotatable bonds is 7. The third kappa shape index (κ3) is 4.30. The van der Waals surface area contributed by atoms with E-state index < -0.39 is 0 Å². The summed E-state index contributed by atoms with van der Waals surface area (Å²) in [6.45, 7) is 1.86. The molecule has 19 heavy (non-hydrogen) atoms. The lowest BCUT2D eigenvalue weighted by Crippen LogP contribution is -2.05. The van der Waals surface area contributed by atoms with Crippen molar-refractivity contribution in [2.24, 2.45) is 7.05 Å². The summed E-state index contributed by atoms with van der Waals surface area (Å²) in [5.74, 6) is 0.613. The maximum atomic E-state index is 5.40. The van der Waals surface area contributed by atoms with Crippen molar-refractivity contribution in [2.45, 2.75) is 6.54 Å². The molecule has 2 aromatic heterocycles. The van der Waals surface area contributed by atoms with Crippen LogP contribution in [-0.2, 0) is 18.3 Å². The fraction of sp³-hybridized carbons (Fsp3) is 0.357. The molecular weight excluding hydrogens is 242 g/mol. The Morgan fingerprint density at radius 1 is 1.26 bits per heavy atom. The maximum Gasteiger partial charge on any atom is 0.213 e. The molecule has 0 radical (unpaired) electrons. The average molecular weight is 261 g/mol. The fourth-order valence-electron chi connectivity index (χ4n) is 1.67. The summed E-state index contributed by atoms with van der Waals surface area (Å²) in [7, 11) is 3.66. The highest BCUT2D eigenvalue weighted by Crippen LogP contribution is 2.12. The molecule has 0 aliphatic carbocycles. The van der Waals surface area contributed by atoms with Crippen molar-refractivity contribution in [1.29, 1.82) is 0 Å². The van der Waals surface area contributed by atoms with E-state index in [1.54, 1.807) is 13.3 Å². The monoisotopic (exact) mass is 261 g/mol. The van der Waals surface area contributed by atoms with E-state index in [-0.39, 0.29) is 0 Å². The van der Waals surface area contributed by atoms with Crippen LogP contribution in [0.1, 0.15) is 5.56 Å². The summed E-state index contributed by atoms with van der Waals surface area (Å²) in [6, 6.07) is 5.89. The van der Waals surface area contributed by atoms with E-state index in [9.17, 15) is 0 Å². The molecule has 0 saturated carbocycles. The molecule has 0 saturated heterocycles. The predicted molar refractivity (Wildman–Crippen MR) is 74.3 cm³/mol. The third-order valence-electron chi connectivity index (χ3n) is 2.66. The van der Waals surface area contributed by atoms with E-state index >= 15 is 0 Å². The largest absolute Gasteiger partial charge is 0.475 e. The van der Waals surface area contributed by atoms with Gasteiger partial charge >= 0.3 is 0 Å². The summed E-state index contributed by atoms with van der Waals surface area (Å²) < 4.78 is 12.3. The number of aromatic nitrogens is 2. The molecule has 0 bridgehead atoms. The van der Waals surface area contributed by atoms with Crippen LogP contribution in [0.25, 0.3) is 0 Å². The predicted octanol–water partition coefficient (Wildman–Crippen LogP) is 2.06. The van der Waals surface area contributed by atoms with Gasteiger partial charge in [0.15, 0.2) is 0 Å². The molecule has 5 nitrogen and oxygen atoms in total. The minimum Gasteiger partial charge on any atom is -0.475 e. The first-order chi connectivity index (χ1) is 9.28. The number of nitrogens with one attached hydrogen (secondary N) is 1. The van der Waals surface area contributed by atoms with Gasteiger partial charge in [-0.15, -0.1) is 0 Å². The summed E-state index contributed by atoms with van der Waals surface area (Å²) >= 11 is 0. The maximum absolute atomic E-state index is 5.40. The van der Waals surface area contributed by atoms with E-state index in [0.29, 0.717) is 19.1 Å². The molecule has 0 aliphatic heterocycles. The van der Waals surface area contributed by atoms with Gasteiger partial charge in [0.2, 0.25) is 5.88 Å². The first-order valence-electron chi connectivity index (χ1n) is 6.20. The second-order valence-corrected chi connectivity index (χ2v) is 4.27. The van der Waals surface area contributed by atoms with Crippen molar-refractivity contribution in [1.82, 2.24) is 9.55 Å². The Balaban J connectivity index is 1.81. The smallest absolute Gasteiger partial charge is 0.213 e. The van der Waals surface area contributed by atoms with Gasteiger partial charge in [-0.05, 0) is 17.7 Å². The number of ether oxygens (including phenoxy) is 2. The zero-order chi connectivity index (χ0) is 13.5. The number of methoxy groups -OCH3 is 1. The molecule has 2 aromatic rings. The standard InChI is InChI=1S/C14H19N3O2/c1-17-6-5-12(11-17)9-15-13-3-4-14(16-10-13)19-8-7-18-2/h3-6,10-11,15H,7-9H2,1-2H3. The molecule has 2 heterocycles. The summed E-state index contributed by atoms with van der Waals surface area (Å²) in [5, 5.41) is 3.31. The van der Waals surface area contributed by atoms with Gasteiger partial charge in [-0.2, -0.15) is 0 Å². The number of hydrogen-bond acceptors (Lipinski definition) is 4. The van der Waals surface area contributed by atoms with Crippen molar-refractivity contribution < 1.29 is 9.47 Å². The molecule has 0 aromatic carbocycles. The molecule has 1 N–H and O–H groups in total. The summed E-state index contributed by atoms with van der Waals surface area (Å²) in [5.41, 5.74) is 2.21. The highest BCUT2D eigenvalue weighted by Gasteiger charge is 1.98. The summed E-state index contributed by atoms with van der Waals surface area (Å²) in [4.78, 5) is 4.22. The molecule has 0 spiro atoms. The second-order valence-electron chi connectivity index (χ2n) is 4.27. The van der Waals surface area contributed by atoms with Crippen molar-refractivity contribution in [3.8, 4) is 5.88 Å². The van der Waals surface area contributed by atoms with E-state index in [2.05, 4.69) is 22.6 Å². The van der Waals surface area contributed by atoms with Crippen LogP contribution in [-0.4, -0.2) is 29.9 Å². The van der Waals surface area contributed by atoms with Crippen LogP contribution < -0.4 is 10.1 Å². The highest BCUT2D eigenvalue weighted by atomic mass is 16.5. The summed E-state index contributed by atoms with van der Waals surface area (Å²) in [6.07, 6.45) is 5.88. The molecule has 0 aliphatic rings. The lowest BCUT2D eigenvalue weighted by Gasteiger charge is -2.07. The zero-order valence-corrected chi connectivity index (χ0v) is 11.3. The van der Waals surface area contributed by atoms with Crippen LogP contribution in [0.15, 0.2) is 36.8 Å². The van der Waals surface area contributed by atoms with Gasteiger partial charge in [0.05, 0.1) is 18.5 Å². The molecule has 102 valence electrons. The first kappa shape index (κ1) is 13.4. The van der Waals surface area contributed by atoms with Gasteiger partial charge in [0.25, 0.3) is 0 Å². The van der Waals surface area contributed by atoms with E-state index in [1.165, 1.54) is 5.56 Å². The van der Waals surface area contributed by atoms with Crippen molar-refractivity contribution in [3.05, 3.63) is 42.4 Å². The quantitative estimate of drug-likeness (QED) is 0.775. The van der Waals surface area contributed by atoms with Crippen molar-refractivity contribution >= 4 is 5.69 Å². The average Bonchev–Trinajstić information content (AvgIpc) is 2.84. The Morgan fingerprint density at radius 3 is 2.79 bits per heavy atom. The molecular formula is C14H19N3O2. The Labute approximate surface area is 113 Å². The van der Waals surface area contributed by atoms with Crippen molar-refractivity contribution in [3.63, 3.8) is 0 Å². The molecule has 0 atom stereocenters. The lowest BCUT2D eigenvalue weighted by atomic mass is 10.3. The lowest BCUT2D eigenvalue weighted by molar-refractivity contribution is 0.144. The van der Waals surface area contributed by atoms with E-state index in [0.717, 1.165) is 12.2 Å². The number of pyridine rings is 1. The number of aryl methyl sites for hydroxylation is 1. The Morgan fingerprint density at radius 2 is 2.16 bits per heavy atom. The molecule has 0 fully saturated rings. The van der Waals surface area contributed by atoms with Gasteiger partial charge in [-0.1, -0.05) is 0 Å². The van der Waals surface area contributed by atoms with Crippen LogP contribution in [0, 0.1) is 0 Å². The highest BCUT2D eigenvalue weighted by molar-refractivity contribution is 5.42. The molecule has 0 amide bonds.